The van der Waals surface area contributed by atoms with Gasteiger partial charge in [0.1, 0.15) is 0 Å². The number of nitro groups is 1. The van der Waals surface area contributed by atoms with Gasteiger partial charge < -0.3 is 10.1 Å². The number of nitrogens with one attached hydrogen (secondary N) is 2. The summed E-state index contributed by atoms with van der Waals surface area (Å²) >= 11 is 5.13. The van der Waals surface area contributed by atoms with E-state index >= 15 is 0 Å². The molecule has 1 aromatic rings. The average molecular weight is 322 g/mol. The third kappa shape index (κ3) is 4.74. The van der Waals surface area contributed by atoms with Crippen LogP contribution in [0.3, 0.4) is 0 Å². The summed E-state index contributed by atoms with van der Waals surface area (Å²) in [7, 11) is 0. The smallest absolute Gasteiger partial charge is 0.270 e. The lowest BCUT2D eigenvalue weighted by Gasteiger charge is -2.12. The Hall–Kier alpha value is -2.06. The van der Waals surface area contributed by atoms with Gasteiger partial charge in [-0.15, -0.1) is 0 Å². The van der Waals surface area contributed by atoms with Crippen molar-refractivity contribution in [2.24, 2.45) is 5.10 Å². The first-order valence-electron chi connectivity index (χ1n) is 7.01. The number of hydrogen-bond acceptors (Lipinski definition) is 5. The van der Waals surface area contributed by atoms with Crippen LogP contribution in [0.25, 0.3) is 0 Å². The Balaban J connectivity index is 1.87. The maximum absolute atomic E-state index is 10.8. The van der Waals surface area contributed by atoms with Gasteiger partial charge in [0.2, 0.25) is 0 Å². The summed E-state index contributed by atoms with van der Waals surface area (Å²) in [5.74, 6) is 0. The van der Waals surface area contributed by atoms with Crippen LogP contribution in [0, 0.1) is 10.1 Å². The van der Waals surface area contributed by atoms with E-state index in [0.717, 1.165) is 19.4 Å². The maximum Gasteiger partial charge on any atom is 0.270 e. The molecule has 0 amide bonds. The topological polar surface area (TPSA) is 88.8 Å². The fraction of sp³-hybridized carbons (Fsp3) is 0.429. The molecule has 0 radical (unpaired) electrons. The molecule has 8 heteroatoms. The molecule has 7 nitrogen and oxygen atoms in total. The molecule has 1 aliphatic rings. The third-order valence-electron chi connectivity index (χ3n) is 3.31. The largest absolute Gasteiger partial charge is 0.376 e. The van der Waals surface area contributed by atoms with Gasteiger partial charge in [-0.05, 0) is 32.0 Å². The van der Waals surface area contributed by atoms with Crippen LogP contribution in [0.4, 0.5) is 5.69 Å². The van der Waals surface area contributed by atoms with Crippen LogP contribution >= 0.6 is 12.2 Å². The standard InChI is InChI=1S/C14H18N4O3S/c1-10(11-4-2-5-12(8-11)18(19)20)16-17-14(22)15-9-13-6-3-7-21-13/h2,4-5,8,13H,3,6-7,9H2,1H3,(H2,15,17,22). The monoisotopic (exact) mass is 322 g/mol. The highest BCUT2D eigenvalue weighted by Crippen LogP contribution is 2.13. The van der Waals surface area contributed by atoms with Gasteiger partial charge in [0.25, 0.3) is 5.69 Å². The Morgan fingerprint density at radius 2 is 2.41 bits per heavy atom. The number of hydrazone groups is 1. The van der Waals surface area contributed by atoms with Gasteiger partial charge in [-0.25, -0.2) is 0 Å². The van der Waals surface area contributed by atoms with Gasteiger partial charge in [-0.3, -0.25) is 15.5 Å². The highest BCUT2D eigenvalue weighted by atomic mass is 32.1. The maximum atomic E-state index is 10.8. The van der Waals surface area contributed by atoms with Crippen LogP contribution in [0.15, 0.2) is 29.4 Å². The van der Waals surface area contributed by atoms with Crippen molar-refractivity contribution in [1.29, 1.82) is 0 Å². The van der Waals surface area contributed by atoms with E-state index in [4.69, 9.17) is 17.0 Å². The molecule has 0 saturated carbocycles. The summed E-state index contributed by atoms with van der Waals surface area (Å²) in [4.78, 5) is 10.3. The number of non-ortho nitro benzene ring substituents is 1. The number of nitrogens with zero attached hydrogens (tertiary/aromatic N) is 2. The van der Waals surface area contributed by atoms with Gasteiger partial charge >= 0.3 is 0 Å². The van der Waals surface area contributed by atoms with Gasteiger partial charge in [-0.1, -0.05) is 12.1 Å². The molecule has 0 aromatic heterocycles. The second-order valence-electron chi connectivity index (χ2n) is 4.96. The van der Waals surface area contributed by atoms with Crippen LogP contribution in [0.2, 0.25) is 0 Å². The van der Waals surface area contributed by atoms with E-state index < -0.39 is 4.92 Å². The molecule has 2 rings (SSSR count). The van der Waals surface area contributed by atoms with E-state index in [2.05, 4.69) is 15.8 Å². The number of benzene rings is 1. The second-order valence-corrected chi connectivity index (χ2v) is 5.37. The Morgan fingerprint density at radius 3 is 3.09 bits per heavy atom. The fourth-order valence-corrected chi connectivity index (χ4v) is 2.22. The summed E-state index contributed by atoms with van der Waals surface area (Å²) in [5.41, 5.74) is 4.06. The number of rotatable bonds is 5. The molecular weight excluding hydrogens is 304 g/mol. The predicted molar refractivity (Wildman–Crippen MR) is 88.0 cm³/mol. The quantitative estimate of drug-likeness (QED) is 0.373. The van der Waals surface area contributed by atoms with Crippen LogP contribution in [0.1, 0.15) is 25.3 Å². The van der Waals surface area contributed by atoms with E-state index in [1.165, 1.54) is 12.1 Å². The lowest BCUT2D eigenvalue weighted by molar-refractivity contribution is -0.384. The van der Waals surface area contributed by atoms with Crippen molar-refractivity contribution in [2.45, 2.75) is 25.9 Å². The molecule has 1 aliphatic heterocycles. The van der Waals surface area contributed by atoms with Gasteiger partial charge in [0, 0.05) is 30.8 Å². The predicted octanol–water partition coefficient (Wildman–Crippen LogP) is 1.96. The zero-order valence-corrected chi connectivity index (χ0v) is 13.1. The van der Waals surface area contributed by atoms with Crippen LogP contribution < -0.4 is 10.7 Å². The van der Waals surface area contributed by atoms with E-state index in [1.54, 1.807) is 19.1 Å². The summed E-state index contributed by atoms with van der Waals surface area (Å²) < 4.78 is 5.48. The third-order valence-corrected chi connectivity index (χ3v) is 3.55. The van der Waals surface area contributed by atoms with Crippen molar-refractivity contribution in [3.63, 3.8) is 0 Å². The first kappa shape index (κ1) is 16.3. The Kier molecular flexibility index (Phi) is 5.79. The van der Waals surface area contributed by atoms with Crippen LogP contribution in [0.5, 0.6) is 0 Å². The fourth-order valence-electron chi connectivity index (χ4n) is 2.10. The van der Waals surface area contributed by atoms with Gasteiger partial charge in [-0.2, -0.15) is 5.10 Å². The minimum atomic E-state index is -0.433. The Labute approximate surface area is 133 Å². The zero-order valence-electron chi connectivity index (χ0n) is 12.2. The van der Waals surface area contributed by atoms with Crippen molar-refractivity contribution in [2.75, 3.05) is 13.2 Å². The molecule has 22 heavy (non-hydrogen) atoms. The van der Waals surface area contributed by atoms with Crippen LogP contribution in [-0.2, 0) is 4.74 Å². The summed E-state index contributed by atoms with van der Waals surface area (Å²) in [6, 6.07) is 6.30. The number of hydrogen-bond donors (Lipinski definition) is 2. The first-order chi connectivity index (χ1) is 10.6. The minimum absolute atomic E-state index is 0.0335. The first-order valence-corrected chi connectivity index (χ1v) is 7.41. The van der Waals surface area contributed by atoms with Crippen molar-refractivity contribution in [3.8, 4) is 0 Å². The molecule has 1 atom stereocenters. The number of thiocarbonyl (C=S) groups is 1. The minimum Gasteiger partial charge on any atom is -0.376 e. The molecule has 0 bridgehead atoms. The summed E-state index contributed by atoms with van der Waals surface area (Å²) in [6.07, 6.45) is 2.31. The molecule has 118 valence electrons. The van der Waals surface area contributed by atoms with Gasteiger partial charge in [0.05, 0.1) is 16.7 Å². The van der Waals surface area contributed by atoms with Gasteiger partial charge in [0.15, 0.2) is 5.11 Å². The lowest BCUT2D eigenvalue weighted by atomic mass is 10.1. The highest BCUT2D eigenvalue weighted by molar-refractivity contribution is 7.80. The molecular formula is C14H18N4O3S. The van der Waals surface area contributed by atoms with E-state index in [1.807, 2.05) is 0 Å². The van der Waals surface area contributed by atoms with Crippen molar-refractivity contribution in [3.05, 3.63) is 39.9 Å². The summed E-state index contributed by atoms with van der Waals surface area (Å²) in [6.45, 7) is 3.21. The lowest BCUT2D eigenvalue weighted by Crippen LogP contribution is -2.37. The molecule has 1 aromatic carbocycles. The Bertz CT molecular complexity index is 585. The molecule has 1 saturated heterocycles. The molecule has 1 unspecified atom stereocenters. The molecule has 0 spiro atoms. The number of nitro benzene ring substituents is 1. The SMILES string of the molecule is CC(=NNC(=S)NCC1CCCO1)c1cccc([N+](=O)[O-])c1. The molecule has 2 N–H and O–H groups in total. The highest BCUT2D eigenvalue weighted by Gasteiger charge is 2.15. The normalized spacial score (nSPS) is 18.0. The molecule has 1 heterocycles. The summed E-state index contributed by atoms with van der Waals surface area (Å²) in [5, 5.41) is 18.3. The average Bonchev–Trinajstić information content (AvgIpc) is 3.04. The molecule has 0 aliphatic carbocycles. The Morgan fingerprint density at radius 1 is 1.59 bits per heavy atom. The van der Waals surface area contributed by atoms with Crippen molar-refractivity contribution in [1.82, 2.24) is 10.7 Å². The van der Waals surface area contributed by atoms with E-state index in [9.17, 15) is 10.1 Å². The van der Waals surface area contributed by atoms with Crippen LogP contribution in [-0.4, -0.2) is 35.0 Å². The van der Waals surface area contributed by atoms with Crippen molar-refractivity contribution < 1.29 is 9.66 Å². The molecule has 1 fully saturated rings. The zero-order chi connectivity index (χ0) is 15.9. The van der Waals surface area contributed by atoms with E-state index in [0.29, 0.717) is 22.9 Å². The van der Waals surface area contributed by atoms with Crippen molar-refractivity contribution >= 4 is 28.7 Å². The second kappa shape index (κ2) is 7.81. The number of ether oxygens (including phenoxy) is 1. The van der Waals surface area contributed by atoms with E-state index in [-0.39, 0.29) is 11.8 Å².